The van der Waals surface area contributed by atoms with Crippen LogP contribution in [0.2, 0.25) is 0 Å². The SMILES string of the molecule is CC(C)(C)OC(=O)N1CCC[C@H]1c1ncc(-c2ccc(COCC3=CCC(C)(c4cnc([C@@H]5CCCN5C(=O)OC(C)(C)C)[nH]4)C=C3)cc2)[nH]1. The Hall–Kier alpha value is -4.38. The van der Waals surface area contributed by atoms with Gasteiger partial charge >= 0.3 is 12.2 Å². The summed E-state index contributed by atoms with van der Waals surface area (Å²) >= 11 is 0. The van der Waals surface area contributed by atoms with Gasteiger partial charge in [0.25, 0.3) is 0 Å². The minimum Gasteiger partial charge on any atom is -0.444 e. The van der Waals surface area contributed by atoms with Gasteiger partial charge in [0.2, 0.25) is 0 Å². The smallest absolute Gasteiger partial charge is 0.410 e. The second-order valence-electron chi connectivity index (χ2n) is 16.0. The largest absolute Gasteiger partial charge is 0.444 e. The second-order valence-corrected chi connectivity index (χ2v) is 16.0. The Morgan fingerprint density at radius 1 is 0.840 bits per heavy atom. The van der Waals surface area contributed by atoms with Crippen molar-refractivity contribution < 1.29 is 23.8 Å². The van der Waals surface area contributed by atoms with E-state index in [2.05, 4.69) is 64.4 Å². The number of benzene rings is 1. The van der Waals surface area contributed by atoms with Gasteiger partial charge in [-0.1, -0.05) is 49.4 Å². The highest BCUT2D eigenvalue weighted by atomic mass is 16.6. The van der Waals surface area contributed by atoms with Gasteiger partial charge in [0.05, 0.1) is 37.2 Å². The van der Waals surface area contributed by atoms with Crippen LogP contribution in [-0.4, -0.2) is 72.8 Å². The lowest BCUT2D eigenvalue weighted by atomic mass is 9.79. The molecule has 2 aromatic heterocycles. The number of aromatic amines is 2. The molecule has 0 radical (unpaired) electrons. The van der Waals surface area contributed by atoms with Gasteiger partial charge in [-0.2, -0.15) is 0 Å². The molecule has 2 fully saturated rings. The van der Waals surface area contributed by atoms with Crippen molar-refractivity contribution in [3.63, 3.8) is 0 Å². The number of nitrogens with zero attached hydrogens (tertiary/aromatic N) is 4. The van der Waals surface area contributed by atoms with Crippen molar-refractivity contribution in [2.45, 2.75) is 116 Å². The highest BCUT2D eigenvalue weighted by Gasteiger charge is 2.37. The van der Waals surface area contributed by atoms with Gasteiger partial charge in [-0.3, -0.25) is 9.80 Å². The third-order valence-electron chi connectivity index (χ3n) is 9.46. The van der Waals surface area contributed by atoms with Crippen molar-refractivity contribution in [3.8, 4) is 11.3 Å². The summed E-state index contributed by atoms with van der Waals surface area (Å²) in [5.41, 5.74) is 3.91. The molecule has 11 heteroatoms. The molecule has 6 rings (SSSR count). The summed E-state index contributed by atoms with van der Waals surface area (Å²) in [6, 6.07) is 8.07. The van der Waals surface area contributed by atoms with Crippen LogP contribution in [0.3, 0.4) is 0 Å². The van der Waals surface area contributed by atoms with Crippen molar-refractivity contribution >= 4 is 12.2 Å². The second kappa shape index (κ2) is 14.1. The van der Waals surface area contributed by atoms with E-state index in [9.17, 15) is 9.59 Å². The number of rotatable bonds is 8. The predicted octanol–water partition coefficient (Wildman–Crippen LogP) is 8.30. The van der Waals surface area contributed by atoms with Gasteiger partial charge in [-0.15, -0.1) is 0 Å². The fourth-order valence-electron chi connectivity index (χ4n) is 6.77. The summed E-state index contributed by atoms with van der Waals surface area (Å²) in [7, 11) is 0. The molecule has 3 atom stereocenters. The lowest BCUT2D eigenvalue weighted by Gasteiger charge is -2.28. The number of nitrogens with one attached hydrogen (secondary N) is 2. The van der Waals surface area contributed by atoms with E-state index in [1.165, 1.54) is 0 Å². The number of carbonyl (C=O) groups excluding carboxylic acids is 2. The van der Waals surface area contributed by atoms with Crippen molar-refractivity contribution in [2.75, 3.05) is 19.7 Å². The van der Waals surface area contributed by atoms with Crippen LogP contribution in [0.5, 0.6) is 0 Å². The fraction of sp³-hybridized carbons (Fsp3) is 0.538. The quantitative estimate of drug-likeness (QED) is 0.245. The van der Waals surface area contributed by atoms with Crippen molar-refractivity contribution in [2.24, 2.45) is 0 Å². The third-order valence-corrected chi connectivity index (χ3v) is 9.46. The van der Waals surface area contributed by atoms with Crippen LogP contribution in [0.4, 0.5) is 9.59 Å². The lowest BCUT2D eigenvalue weighted by Crippen LogP contribution is -2.36. The first-order valence-corrected chi connectivity index (χ1v) is 17.8. The molecule has 11 nitrogen and oxygen atoms in total. The van der Waals surface area contributed by atoms with E-state index in [-0.39, 0.29) is 29.7 Å². The zero-order valence-electron chi connectivity index (χ0n) is 30.5. The Morgan fingerprint density at radius 2 is 1.42 bits per heavy atom. The number of likely N-dealkylation sites (tertiary alicyclic amines) is 2. The first-order chi connectivity index (χ1) is 23.7. The molecule has 268 valence electrons. The molecule has 3 aliphatic rings. The van der Waals surface area contributed by atoms with E-state index in [0.717, 1.165) is 71.8 Å². The number of carbonyl (C=O) groups is 2. The number of H-pyrrole nitrogens is 2. The number of hydrogen-bond donors (Lipinski definition) is 2. The van der Waals surface area contributed by atoms with Gasteiger partial charge in [0.15, 0.2) is 0 Å². The Bertz CT molecular complexity index is 1730. The van der Waals surface area contributed by atoms with Crippen molar-refractivity contribution in [3.05, 3.63) is 83.4 Å². The number of hydrogen-bond acceptors (Lipinski definition) is 7. The van der Waals surface area contributed by atoms with E-state index in [1.54, 1.807) is 9.80 Å². The molecule has 2 saturated heterocycles. The Balaban J connectivity index is 0.989. The zero-order chi connectivity index (χ0) is 35.7. The molecule has 1 aromatic carbocycles. The molecule has 2 N–H and O–H groups in total. The van der Waals surface area contributed by atoms with Crippen molar-refractivity contribution in [1.29, 1.82) is 0 Å². The first-order valence-electron chi connectivity index (χ1n) is 17.8. The van der Waals surface area contributed by atoms with E-state index >= 15 is 0 Å². The molecule has 1 unspecified atom stereocenters. The topological polar surface area (TPSA) is 126 Å². The van der Waals surface area contributed by atoms with Gasteiger partial charge in [-0.05, 0) is 90.3 Å². The van der Waals surface area contributed by atoms with Crippen LogP contribution in [-0.2, 0) is 26.2 Å². The summed E-state index contributed by atoms with van der Waals surface area (Å²) in [4.78, 5) is 45.5. The summed E-state index contributed by atoms with van der Waals surface area (Å²) < 4.78 is 17.4. The summed E-state index contributed by atoms with van der Waals surface area (Å²) in [6.45, 7) is 15.9. The molecule has 4 heterocycles. The molecule has 2 aliphatic heterocycles. The van der Waals surface area contributed by atoms with Gasteiger partial charge in [-0.25, -0.2) is 19.6 Å². The molecular formula is C39H52N6O5. The fourth-order valence-corrected chi connectivity index (χ4v) is 6.77. The Morgan fingerprint density at radius 3 is 1.98 bits per heavy atom. The number of ether oxygens (including phenoxy) is 3. The van der Waals surface area contributed by atoms with E-state index < -0.39 is 11.2 Å². The molecular weight excluding hydrogens is 632 g/mol. The van der Waals surface area contributed by atoms with Crippen LogP contribution >= 0.6 is 0 Å². The minimum atomic E-state index is -0.535. The maximum atomic E-state index is 12.8. The predicted molar refractivity (Wildman–Crippen MR) is 191 cm³/mol. The average molecular weight is 685 g/mol. The van der Waals surface area contributed by atoms with Gasteiger partial charge in [0.1, 0.15) is 22.9 Å². The van der Waals surface area contributed by atoms with Gasteiger partial charge < -0.3 is 24.2 Å². The number of allylic oxidation sites excluding steroid dienone is 2. The average Bonchev–Trinajstić information content (AvgIpc) is 3.87. The maximum Gasteiger partial charge on any atom is 0.410 e. The molecule has 50 heavy (non-hydrogen) atoms. The van der Waals surface area contributed by atoms with E-state index in [1.807, 2.05) is 53.9 Å². The molecule has 3 aromatic rings. The summed E-state index contributed by atoms with van der Waals surface area (Å²) in [5, 5.41) is 0. The highest BCUT2D eigenvalue weighted by Crippen LogP contribution is 2.37. The lowest BCUT2D eigenvalue weighted by molar-refractivity contribution is 0.0208. The molecule has 0 saturated carbocycles. The molecule has 2 amide bonds. The number of amides is 2. The van der Waals surface area contributed by atoms with Crippen LogP contribution in [0.15, 0.2) is 60.5 Å². The van der Waals surface area contributed by atoms with E-state index in [0.29, 0.717) is 26.3 Å². The summed E-state index contributed by atoms with van der Waals surface area (Å²) in [6.07, 6.45) is 14.1. The standard InChI is InChI=1S/C39H52N6O5/c1-37(2,3)49-35(46)44-20-8-10-30(44)33-40-22-29(42-33)28-14-12-26(13-15-28)24-48-25-27-16-18-39(7,19-17-27)32-23-41-34(43-32)31-11-9-21-45(31)36(47)50-38(4,5)6/h12-18,22-23,30-31H,8-11,19-21,24-25H2,1-7H3,(H,40,42)(H,41,43)/t30-,31-,39?/m0/s1. The third kappa shape index (κ3) is 8.31. The van der Waals surface area contributed by atoms with Crippen LogP contribution in [0.1, 0.15) is 116 Å². The van der Waals surface area contributed by atoms with Crippen LogP contribution in [0.25, 0.3) is 11.3 Å². The van der Waals surface area contributed by atoms with Crippen LogP contribution in [0, 0.1) is 0 Å². The monoisotopic (exact) mass is 684 g/mol. The highest BCUT2D eigenvalue weighted by molar-refractivity contribution is 5.69. The Kier molecular flexibility index (Phi) is 9.99. The molecule has 1 aliphatic carbocycles. The van der Waals surface area contributed by atoms with Crippen LogP contribution < -0.4 is 0 Å². The normalized spacial score (nSPS) is 22.6. The first kappa shape index (κ1) is 35.4. The number of imidazole rings is 2. The minimum absolute atomic E-state index is 0.103. The number of aromatic nitrogens is 4. The zero-order valence-corrected chi connectivity index (χ0v) is 30.5. The maximum absolute atomic E-state index is 12.8. The van der Waals surface area contributed by atoms with Crippen molar-refractivity contribution in [1.82, 2.24) is 29.7 Å². The molecule has 0 bridgehead atoms. The van der Waals surface area contributed by atoms with Gasteiger partial charge in [0, 0.05) is 30.4 Å². The van der Waals surface area contributed by atoms with E-state index in [4.69, 9.17) is 19.2 Å². The summed E-state index contributed by atoms with van der Waals surface area (Å²) in [5.74, 6) is 1.60. The Labute approximate surface area is 295 Å². The molecule has 0 spiro atoms.